The van der Waals surface area contributed by atoms with Crippen molar-refractivity contribution >= 4 is 38.3 Å². The summed E-state index contributed by atoms with van der Waals surface area (Å²) in [6.07, 6.45) is 2.38. The van der Waals surface area contributed by atoms with Gasteiger partial charge in [0.05, 0.1) is 5.69 Å². The van der Waals surface area contributed by atoms with E-state index in [1.54, 1.807) is 4.90 Å². The highest BCUT2D eigenvalue weighted by Gasteiger charge is 2.30. The summed E-state index contributed by atoms with van der Waals surface area (Å²) in [5, 5.41) is 2.76. The fraction of sp³-hybridized carbons (Fsp3) is 0.200. The Kier molecular flexibility index (Phi) is 3.72. The number of hydrogen-bond acceptors (Lipinski definition) is 3. The van der Waals surface area contributed by atoms with Crippen molar-refractivity contribution in [2.45, 2.75) is 6.42 Å². The zero-order valence-corrected chi connectivity index (χ0v) is 13.2. The minimum absolute atomic E-state index is 0.130. The summed E-state index contributed by atoms with van der Waals surface area (Å²) in [6.45, 7) is 4.45. The molecule has 0 spiro atoms. The second kappa shape index (κ2) is 5.50. The third-order valence-electron chi connectivity index (χ3n) is 3.33. The Bertz CT molecular complexity index is 667. The number of carbonyl (C=O) groups is 1. The van der Waals surface area contributed by atoms with Crippen molar-refractivity contribution in [3.8, 4) is 11.3 Å². The molecule has 0 radical (unpaired) electrons. The molecule has 5 heteroatoms. The van der Waals surface area contributed by atoms with Gasteiger partial charge >= 0.3 is 0 Å². The molecule has 0 bridgehead atoms. The van der Waals surface area contributed by atoms with Crippen LogP contribution in [0.3, 0.4) is 0 Å². The molecule has 1 saturated heterocycles. The van der Waals surface area contributed by atoms with Crippen molar-refractivity contribution in [3.05, 3.63) is 46.8 Å². The summed E-state index contributed by atoms with van der Waals surface area (Å²) in [5.41, 5.74) is 1.95. The minimum Gasteiger partial charge on any atom is -0.287 e. The maximum atomic E-state index is 12.0. The van der Waals surface area contributed by atoms with Gasteiger partial charge in [-0.25, -0.2) is 4.98 Å². The maximum Gasteiger partial charge on any atom is 0.229 e. The first-order chi connectivity index (χ1) is 9.67. The third-order valence-corrected chi connectivity index (χ3v) is 4.69. The first-order valence-electron chi connectivity index (χ1n) is 6.32. The lowest BCUT2D eigenvalue weighted by Gasteiger charge is -2.11. The highest BCUT2D eigenvalue weighted by atomic mass is 79.9. The predicted octanol–water partition coefficient (Wildman–Crippen LogP) is 4.11. The van der Waals surface area contributed by atoms with E-state index in [0.717, 1.165) is 20.9 Å². The van der Waals surface area contributed by atoms with Gasteiger partial charge in [-0.1, -0.05) is 34.1 Å². The zero-order chi connectivity index (χ0) is 14.1. The van der Waals surface area contributed by atoms with Gasteiger partial charge in [0.25, 0.3) is 0 Å². The Morgan fingerprint density at radius 1 is 1.50 bits per heavy atom. The molecule has 0 aliphatic carbocycles. The topological polar surface area (TPSA) is 33.2 Å². The minimum atomic E-state index is 0.130. The molecule has 1 aromatic carbocycles. The lowest BCUT2D eigenvalue weighted by molar-refractivity contribution is -0.117. The fourth-order valence-electron chi connectivity index (χ4n) is 2.25. The number of rotatable bonds is 3. The molecule has 20 heavy (non-hydrogen) atoms. The van der Waals surface area contributed by atoms with Crippen molar-refractivity contribution in [2.75, 3.05) is 11.4 Å². The SMILES string of the molecule is C=CC1CC(=O)N(c2nc(-c3cccc(Br)c3)cs2)C1. The van der Waals surface area contributed by atoms with Crippen molar-refractivity contribution in [3.63, 3.8) is 0 Å². The molecule has 3 rings (SSSR count). The fourth-order valence-corrected chi connectivity index (χ4v) is 3.51. The van der Waals surface area contributed by atoms with Crippen molar-refractivity contribution in [1.82, 2.24) is 4.98 Å². The van der Waals surface area contributed by atoms with E-state index in [2.05, 4.69) is 27.5 Å². The van der Waals surface area contributed by atoms with E-state index in [4.69, 9.17) is 0 Å². The van der Waals surface area contributed by atoms with Crippen molar-refractivity contribution in [1.29, 1.82) is 0 Å². The summed E-state index contributed by atoms with van der Waals surface area (Å²) in [5.74, 6) is 0.366. The van der Waals surface area contributed by atoms with Gasteiger partial charge in [0, 0.05) is 34.3 Å². The standard InChI is InChI=1S/C15H13BrN2OS/c1-2-10-6-14(19)18(8-10)15-17-13(9-20-15)11-4-3-5-12(16)7-11/h2-5,7,9-10H,1,6,8H2. The van der Waals surface area contributed by atoms with Gasteiger partial charge in [-0.3, -0.25) is 9.69 Å². The van der Waals surface area contributed by atoms with E-state index in [1.807, 2.05) is 35.7 Å². The molecular weight excluding hydrogens is 336 g/mol. The quantitative estimate of drug-likeness (QED) is 0.782. The molecule has 1 aliphatic heterocycles. The van der Waals surface area contributed by atoms with Crippen molar-refractivity contribution in [2.24, 2.45) is 5.92 Å². The first-order valence-corrected chi connectivity index (χ1v) is 7.99. The Morgan fingerprint density at radius 3 is 3.05 bits per heavy atom. The Balaban J connectivity index is 1.87. The Morgan fingerprint density at radius 2 is 2.35 bits per heavy atom. The van der Waals surface area contributed by atoms with Crippen LogP contribution in [0.15, 0.2) is 46.8 Å². The van der Waals surface area contributed by atoms with Crippen LogP contribution >= 0.6 is 27.3 Å². The monoisotopic (exact) mass is 348 g/mol. The predicted molar refractivity (Wildman–Crippen MR) is 85.9 cm³/mol. The largest absolute Gasteiger partial charge is 0.287 e. The van der Waals surface area contributed by atoms with Crippen LogP contribution in [0, 0.1) is 5.92 Å². The van der Waals surface area contributed by atoms with Crippen molar-refractivity contribution < 1.29 is 4.79 Å². The molecule has 0 saturated carbocycles. The molecule has 3 nitrogen and oxygen atoms in total. The molecule has 1 atom stereocenters. The smallest absolute Gasteiger partial charge is 0.229 e. The summed E-state index contributed by atoms with van der Waals surface area (Å²) < 4.78 is 1.02. The normalized spacial score (nSPS) is 18.6. The number of halogens is 1. The molecule has 0 N–H and O–H groups in total. The second-order valence-electron chi connectivity index (χ2n) is 4.73. The van der Waals surface area contributed by atoms with E-state index in [0.29, 0.717) is 13.0 Å². The van der Waals surface area contributed by atoms with Crippen LogP contribution in [0.4, 0.5) is 5.13 Å². The number of hydrogen-bond donors (Lipinski definition) is 0. The first kappa shape index (κ1) is 13.5. The van der Waals surface area contributed by atoms with E-state index in [9.17, 15) is 4.79 Å². The number of carbonyl (C=O) groups excluding carboxylic acids is 1. The average Bonchev–Trinajstić information content (AvgIpc) is 3.05. The third kappa shape index (κ3) is 2.55. The number of nitrogens with zero attached hydrogens (tertiary/aromatic N) is 2. The van der Waals surface area contributed by atoms with Gasteiger partial charge in [0.15, 0.2) is 5.13 Å². The summed E-state index contributed by atoms with van der Waals surface area (Å²) in [4.78, 5) is 18.3. The second-order valence-corrected chi connectivity index (χ2v) is 6.48. The summed E-state index contributed by atoms with van der Waals surface area (Å²) in [7, 11) is 0. The number of aromatic nitrogens is 1. The lowest BCUT2D eigenvalue weighted by atomic mass is 10.1. The molecule has 102 valence electrons. The van der Waals surface area contributed by atoms with Crippen LogP contribution in [-0.2, 0) is 4.79 Å². The molecule has 2 heterocycles. The highest BCUT2D eigenvalue weighted by molar-refractivity contribution is 9.10. The van der Waals surface area contributed by atoms with Gasteiger partial charge in [-0.2, -0.15) is 0 Å². The van der Waals surface area contributed by atoms with Crippen LogP contribution in [0.2, 0.25) is 0 Å². The van der Waals surface area contributed by atoms with Gasteiger partial charge in [0.1, 0.15) is 0 Å². The summed E-state index contributed by atoms with van der Waals surface area (Å²) >= 11 is 4.97. The lowest BCUT2D eigenvalue weighted by Crippen LogP contribution is -2.24. The van der Waals surface area contributed by atoms with Gasteiger partial charge in [-0.15, -0.1) is 17.9 Å². The number of anilines is 1. The average molecular weight is 349 g/mol. The molecule has 2 aromatic rings. The molecule has 1 aromatic heterocycles. The van der Waals surface area contributed by atoms with E-state index < -0.39 is 0 Å². The number of benzene rings is 1. The molecule has 1 aliphatic rings. The van der Waals surface area contributed by atoms with Gasteiger partial charge in [-0.05, 0) is 12.1 Å². The highest BCUT2D eigenvalue weighted by Crippen LogP contribution is 2.32. The van der Waals surface area contributed by atoms with E-state index in [-0.39, 0.29) is 11.8 Å². The molecule has 1 unspecified atom stereocenters. The van der Waals surface area contributed by atoms with Gasteiger partial charge < -0.3 is 0 Å². The molecule has 1 amide bonds. The van der Waals surface area contributed by atoms with Crippen LogP contribution in [0.25, 0.3) is 11.3 Å². The Hall–Kier alpha value is -1.46. The zero-order valence-electron chi connectivity index (χ0n) is 10.8. The van der Waals surface area contributed by atoms with E-state index in [1.165, 1.54) is 11.3 Å². The van der Waals surface area contributed by atoms with E-state index >= 15 is 0 Å². The van der Waals surface area contributed by atoms with Crippen LogP contribution in [-0.4, -0.2) is 17.4 Å². The summed E-state index contributed by atoms with van der Waals surface area (Å²) in [6, 6.07) is 8.00. The number of amides is 1. The Labute approximate surface area is 130 Å². The van der Waals surface area contributed by atoms with Crippen LogP contribution in [0.1, 0.15) is 6.42 Å². The van der Waals surface area contributed by atoms with Crippen LogP contribution in [0.5, 0.6) is 0 Å². The van der Waals surface area contributed by atoms with Crippen LogP contribution < -0.4 is 4.90 Å². The molecular formula is C15H13BrN2OS. The number of thiazole rings is 1. The van der Waals surface area contributed by atoms with Gasteiger partial charge in [0.2, 0.25) is 5.91 Å². The molecule has 1 fully saturated rings. The maximum absolute atomic E-state index is 12.0.